The monoisotopic (exact) mass is 376 g/mol. The molecular formula is C19H25ClN4O2. The maximum Gasteiger partial charge on any atom is 0.285 e. The van der Waals surface area contributed by atoms with Crippen molar-refractivity contribution < 1.29 is 5.11 Å². The van der Waals surface area contributed by atoms with Gasteiger partial charge in [-0.15, -0.1) is 0 Å². The minimum absolute atomic E-state index is 0.00591. The Morgan fingerprint density at radius 2 is 1.69 bits per heavy atom. The second kappa shape index (κ2) is 7.11. The molecule has 0 aliphatic heterocycles. The van der Waals surface area contributed by atoms with Crippen molar-refractivity contribution in [3.8, 4) is 5.75 Å². The van der Waals surface area contributed by atoms with Crippen molar-refractivity contribution in [1.82, 2.24) is 10.2 Å². The predicted molar refractivity (Wildman–Crippen MR) is 107 cm³/mol. The van der Waals surface area contributed by atoms with Crippen LogP contribution in [0.5, 0.6) is 5.75 Å². The number of anilines is 1. The number of nitrogens with one attached hydrogen (secondary N) is 2. The molecule has 0 aliphatic carbocycles. The van der Waals surface area contributed by atoms with E-state index in [1.54, 1.807) is 6.21 Å². The largest absolute Gasteiger partial charge is 0.507 e. The zero-order valence-corrected chi connectivity index (χ0v) is 16.7. The number of halogens is 1. The Bertz CT molecular complexity index is 855. The van der Waals surface area contributed by atoms with Gasteiger partial charge in [-0.3, -0.25) is 10.2 Å². The lowest BCUT2D eigenvalue weighted by Gasteiger charge is -2.27. The zero-order valence-electron chi connectivity index (χ0n) is 15.9. The molecule has 0 saturated carbocycles. The van der Waals surface area contributed by atoms with E-state index in [0.717, 1.165) is 16.7 Å². The van der Waals surface area contributed by atoms with Crippen molar-refractivity contribution in [2.75, 3.05) is 5.43 Å². The van der Waals surface area contributed by atoms with E-state index >= 15 is 0 Å². The van der Waals surface area contributed by atoms with E-state index in [4.69, 9.17) is 11.6 Å². The lowest BCUT2D eigenvalue weighted by Crippen LogP contribution is -2.18. The Labute approximate surface area is 158 Å². The van der Waals surface area contributed by atoms with Gasteiger partial charge < -0.3 is 5.11 Å². The zero-order chi connectivity index (χ0) is 19.7. The van der Waals surface area contributed by atoms with Gasteiger partial charge in [0.2, 0.25) is 0 Å². The molecule has 7 heteroatoms. The minimum Gasteiger partial charge on any atom is -0.507 e. The van der Waals surface area contributed by atoms with Gasteiger partial charge in [0.1, 0.15) is 16.5 Å². The molecule has 0 fully saturated rings. The maximum absolute atomic E-state index is 11.5. The fourth-order valence-corrected chi connectivity index (χ4v) is 2.65. The fourth-order valence-electron chi connectivity index (χ4n) is 2.51. The van der Waals surface area contributed by atoms with Gasteiger partial charge in [0, 0.05) is 11.1 Å². The van der Waals surface area contributed by atoms with Crippen LogP contribution in [-0.2, 0) is 10.8 Å². The van der Waals surface area contributed by atoms with Gasteiger partial charge >= 0.3 is 0 Å². The molecule has 0 unspecified atom stereocenters. The summed E-state index contributed by atoms with van der Waals surface area (Å²) in [7, 11) is 0. The standard InChI is InChI=1S/C19H25ClN4O2/c1-18(2,3)12-7-11(8-13(16(12)25)19(4,5)6)9-21-23-14-10-22-24-17(26)15(14)20/h7-10,25H,1-6H3,(H2,23,24,26)/b21-9-. The molecule has 2 rings (SSSR count). The smallest absolute Gasteiger partial charge is 0.285 e. The Morgan fingerprint density at radius 1 is 1.15 bits per heavy atom. The van der Waals surface area contributed by atoms with Crippen molar-refractivity contribution in [2.45, 2.75) is 52.4 Å². The second-order valence-corrected chi connectivity index (χ2v) is 8.64. The first-order chi connectivity index (χ1) is 11.9. The van der Waals surface area contributed by atoms with Crippen molar-refractivity contribution in [2.24, 2.45) is 5.10 Å². The molecule has 0 saturated heterocycles. The highest BCUT2D eigenvalue weighted by Crippen LogP contribution is 2.39. The average Bonchev–Trinajstić information content (AvgIpc) is 2.50. The summed E-state index contributed by atoms with van der Waals surface area (Å²) in [4.78, 5) is 11.5. The number of benzene rings is 1. The molecule has 1 heterocycles. The molecule has 3 N–H and O–H groups in total. The summed E-state index contributed by atoms with van der Waals surface area (Å²) in [5, 5.41) is 20.8. The number of H-pyrrole nitrogens is 1. The highest BCUT2D eigenvalue weighted by atomic mass is 35.5. The molecule has 26 heavy (non-hydrogen) atoms. The van der Waals surface area contributed by atoms with E-state index in [1.807, 2.05) is 12.1 Å². The van der Waals surface area contributed by atoms with Crippen LogP contribution in [0.15, 0.2) is 28.2 Å². The van der Waals surface area contributed by atoms with E-state index in [2.05, 4.69) is 62.3 Å². The summed E-state index contributed by atoms with van der Waals surface area (Å²) in [6, 6.07) is 3.82. The van der Waals surface area contributed by atoms with Crippen LogP contribution in [0.25, 0.3) is 0 Å². The van der Waals surface area contributed by atoms with E-state index in [0.29, 0.717) is 11.4 Å². The van der Waals surface area contributed by atoms with Crippen molar-refractivity contribution in [1.29, 1.82) is 0 Å². The van der Waals surface area contributed by atoms with Crippen molar-refractivity contribution in [3.05, 3.63) is 50.4 Å². The number of phenols is 1. The number of hydrazone groups is 1. The van der Waals surface area contributed by atoms with Crippen LogP contribution in [0.1, 0.15) is 58.2 Å². The number of aromatic hydroxyl groups is 1. The van der Waals surface area contributed by atoms with E-state index in [9.17, 15) is 9.90 Å². The van der Waals surface area contributed by atoms with Crippen LogP contribution < -0.4 is 11.0 Å². The number of aromatic amines is 1. The number of nitrogens with zero attached hydrogens (tertiary/aromatic N) is 2. The molecule has 1 aromatic carbocycles. The Balaban J connectivity index is 2.43. The van der Waals surface area contributed by atoms with Crippen LogP contribution in [-0.4, -0.2) is 21.5 Å². The molecule has 0 atom stereocenters. The van der Waals surface area contributed by atoms with Crippen LogP contribution in [0.3, 0.4) is 0 Å². The average molecular weight is 377 g/mol. The van der Waals surface area contributed by atoms with Gasteiger partial charge in [-0.05, 0) is 28.5 Å². The van der Waals surface area contributed by atoms with Crippen LogP contribution in [0.4, 0.5) is 5.69 Å². The van der Waals surface area contributed by atoms with E-state index in [-0.39, 0.29) is 15.9 Å². The van der Waals surface area contributed by atoms with Gasteiger partial charge in [-0.2, -0.15) is 10.2 Å². The molecule has 0 radical (unpaired) electrons. The summed E-state index contributed by atoms with van der Waals surface area (Å²) in [6.45, 7) is 12.3. The molecule has 2 aromatic rings. The molecule has 140 valence electrons. The fraction of sp³-hybridized carbons (Fsp3) is 0.421. The van der Waals surface area contributed by atoms with Gasteiger partial charge in [0.05, 0.1) is 12.4 Å². The third kappa shape index (κ3) is 4.43. The van der Waals surface area contributed by atoms with Gasteiger partial charge in [0.25, 0.3) is 5.56 Å². The van der Waals surface area contributed by atoms with Gasteiger partial charge in [-0.25, -0.2) is 5.10 Å². The van der Waals surface area contributed by atoms with Crippen LogP contribution >= 0.6 is 11.6 Å². The lowest BCUT2D eigenvalue weighted by molar-refractivity contribution is 0.423. The third-order valence-corrected chi connectivity index (χ3v) is 4.32. The van der Waals surface area contributed by atoms with Crippen molar-refractivity contribution in [3.63, 3.8) is 0 Å². The molecule has 0 bridgehead atoms. The van der Waals surface area contributed by atoms with E-state index in [1.165, 1.54) is 6.20 Å². The summed E-state index contributed by atoms with van der Waals surface area (Å²) >= 11 is 5.91. The first-order valence-electron chi connectivity index (χ1n) is 8.31. The number of phenolic OH excluding ortho intramolecular Hbond substituents is 1. The highest BCUT2D eigenvalue weighted by Gasteiger charge is 2.26. The first-order valence-corrected chi connectivity index (χ1v) is 8.69. The molecule has 0 spiro atoms. The highest BCUT2D eigenvalue weighted by molar-refractivity contribution is 6.32. The second-order valence-electron chi connectivity index (χ2n) is 8.26. The molecular weight excluding hydrogens is 352 g/mol. The molecule has 0 aliphatic rings. The summed E-state index contributed by atoms with van der Waals surface area (Å²) in [6.07, 6.45) is 3.01. The van der Waals surface area contributed by atoms with Crippen LogP contribution in [0.2, 0.25) is 5.02 Å². The van der Waals surface area contributed by atoms with Gasteiger partial charge in [0.15, 0.2) is 0 Å². The summed E-state index contributed by atoms with van der Waals surface area (Å²) in [5.41, 5.74) is 4.65. The SMILES string of the molecule is CC(C)(C)c1cc(/C=N\Nc2cn[nH]c(=O)c2Cl)cc(C(C)(C)C)c1O. The Hall–Kier alpha value is -2.34. The summed E-state index contributed by atoms with van der Waals surface area (Å²) in [5.74, 6) is 0.317. The number of hydrogen-bond acceptors (Lipinski definition) is 5. The lowest BCUT2D eigenvalue weighted by atomic mass is 9.78. The van der Waals surface area contributed by atoms with Gasteiger partial charge in [-0.1, -0.05) is 53.1 Å². The number of aromatic nitrogens is 2. The topological polar surface area (TPSA) is 90.4 Å². The number of hydrogen-bond donors (Lipinski definition) is 3. The number of rotatable bonds is 3. The normalized spacial score (nSPS) is 12.6. The summed E-state index contributed by atoms with van der Waals surface area (Å²) < 4.78 is 0. The molecule has 0 amide bonds. The van der Waals surface area contributed by atoms with Crippen LogP contribution in [0, 0.1) is 0 Å². The Kier molecular flexibility index (Phi) is 5.47. The van der Waals surface area contributed by atoms with Crippen molar-refractivity contribution >= 4 is 23.5 Å². The molecule has 6 nitrogen and oxygen atoms in total. The maximum atomic E-state index is 11.5. The first kappa shape index (κ1) is 20.0. The van der Waals surface area contributed by atoms with E-state index < -0.39 is 5.56 Å². The molecule has 1 aromatic heterocycles. The third-order valence-electron chi connectivity index (χ3n) is 3.94. The Morgan fingerprint density at radius 3 is 2.19 bits per heavy atom. The predicted octanol–water partition coefficient (Wildman–Crippen LogP) is 4.17. The minimum atomic E-state index is -0.485. The quantitative estimate of drug-likeness (QED) is 0.554.